The van der Waals surface area contributed by atoms with Gasteiger partial charge in [0.15, 0.2) is 5.78 Å². The normalized spacial score (nSPS) is 15.2. The number of halogens is 1. The lowest BCUT2D eigenvalue weighted by atomic mass is 10.0. The zero-order chi connectivity index (χ0) is 10.1. The van der Waals surface area contributed by atoms with Crippen LogP contribution in [0, 0.1) is 5.92 Å². The van der Waals surface area contributed by atoms with E-state index in [2.05, 4.69) is 6.58 Å². The average molecular weight is 207 g/mol. The van der Waals surface area contributed by atoms with Gasteiger partial charge < -0.3 is 0 Å². The maximum absolute atomic E-state index is 11.7. The summed E-state index contributed by atoms with van der Waals surface area (Å²) in [5.41, 5.74) is 1.32. The maximum atomic E-state index is 11.7. The second-order valence-corrected chi connectivity index (χ2v) is 4.00. The van der Waals surface area contributed by atoms with E-state index in [1.165, 1.54) is 0 Å². The second kappa shape index (κ2) is 3.58. The Kier molecular flexibility index (Phi) is 2.42. The first-order chi connectivity index (χ1) is 6.70. The number of benzene rings is 1. The van der Waals surface area contributed by atoms with Crippen molar-refractivity contribution in [2.45, 2.75) is 12.8 Å². The van der Waals surface area contributed by atoms with Gasteiger partial charge in [-0.15, -0.1) is 0 Å². The molecule has 0 unspecified atom stereocenters. The highest BCUT2D eigenvalue weighted by Crippen LogP contribution is 2.35. The summed E-state index contributed by atoms with van der Waals surface area (Å²) in [6.45, 7) is 3.81. The molecule has 72 valence electrons. The molecule has 0 bridgehead atoms. The van der Waals surface area contributed by atoms with E-state index < -0.39 is 0 Å². The van der Waals surface area contributed by atoms with Crippen molar-refractivity contribution >= 4 is 23.0 Å². The van der Waals surface area contributed by atoms with Gasteiger partial charge in [-0.3, -0.25) is 4.79 Å². The predicted octanol–water partition coefficient (Wildman–Crippen LogP) is 3.33. The van der Waals surface area contributed by atoms with Gasteiger partial charge in [0.05, 0.1) is 0 Å². The molecule has 0 amide bonds. The van der Waals surface area contributed by atoms with Gasteiger partial charge in [0.25, 0.3) is 0 Å². The summed E-state index contributed by atoms with van der Waals surface area (Å²) in [4.78, 5) is 11.7. The van der Waals surface area contributed by atoms with E-state index in [1.807, 2.05) is 18.2 Å². The predicted molar refractivity (Wildman–Crippen MR) is 58.2 cm³/mol. The molecule has 0 radical (unpaired) electrons. The van der Waals surface area contributed by atoms with Gasteiger partial charge in [-0.25, -0.2) is 0 Å². The Bertz CT molecular complexity index is 391. The number of Topliss-reactive ketones (excluding diaryl/α,β-unsaturated/α-hetero) is 1. The summed E-state index contributed by atoms with van der Waals surface area (Å²) in [7, 11) is 0. The Morgan fingerprint density at radius 1 is 1.36 bits per heavy atom. The van der Waals surface area contributed by atoms with Crippen LogP contribution in [0.5, 0.6) is 0 Å². The van der Waals surface area contributed by atoms with E-state index in [9.17, 15) is 4.79 Å². The molecular formula is C12H11ClO. The molecule has 0 saturated heterocycles. The van der Waals surface area contributed by atoms with Crippen LogP contribution in [0.4, 0.5) is 0 Å². The molecule has 2 heteroatoms. The first-order valence-corrected chi connectivity index (χ1v) is 5.06. The van der Waals surface area contributed by atoms with Crippen LogP contribution in [-0.4, -0.2) is 5.78 Å². The van der Waals surface area contributed by atoms with Gasteiger partial charge >= 0.3 is 0 Å². The smallest absolute Gasteiger partial charge is 0.165 e. The molecule has 1 aliphatic carbocycles. The fourth-order valence-electron chi connectivity index (χ4n) is 1.43. The molecule has 0 heterocycles. The number of rotatable bonds is 3. The van der Waals surface area contributed by atoms with Gasteiger partial charge in [0.1, 0.15) is 0 Å². The van der Waals surface area contributed by atoms with E-state index in [1.54, 1.807) is 6.07 Å². The van der Waals surface area contributed by atoms with Crippen molar-refractivity contribution < 1.29 is 4.79 Å². The molecule has 1 aromatic carbocycles. The molecule has 0 aromatic heterocycles. The molecule has 0 spiro atoms. The van der Waals surface area contributed by atoms with Gasteiger partial charge in [0.2, 0.25) is 0 Å². The molecule has 0 atom stereocenters. The summed E-state index contributed by atoms with van der Waals surface area (Å²) in [6.07, 6.45) is 2.00. The molecule has 1 nitrogen and oxygen atoms in total. The zero-order valence-corrected chi connectivity index (χ0v) is 8.55. The van der Waals surface area contributed by atoms with Gasteiger partial charge in [0, 0.05) is 22.1 Å². The summed E-state index contributed by atoms with van der Waals surface area (Å²) in [6, 6.07) is 7.33. The summed E-state index contributed by atoms with van der Waals surface area (Å²) in [5, 5.41) is 0.603. The fraction of sp³-hybridized carbons (Fsp3) is 0.250. The van der Waals surface area contributed by atoms with E-state index in [0.717, 1.165) is 18.4 Å². The highest BCUT2D eigenvalue weighted by atomic mass is 35.5. The Morgan fingerprint density at radius 2 is 2.00 bits per heavy atom. The van der Waals surface area contributed by atoms with Crippen molar-refractivity contribution in [2.24, 2.45) is 5.92 Å². The van der Waals surface area contributed by atoms with Crippen molar-refractivity contribution in [3.8, 4) is 0 Å². The third-order valence-electron chi connectivity index (χ3n) is 2.44. The lowest BCUT2D eigenvalue weighted by Crippen LogP contribution is -2.02. The van der Waals surface area contributed by atoms with E-state index in [-0.39, 0.29) is 11.7 Å². The lowest BCUT2D eigenvalue weighted by molar-refractivity contribution is -0.114. The van der Waals surface area contributed by atoms with E-state index >= 15 is 0 Å². The summed E-state index contributed by atoms with van der Waals surface area (Å²) < 4.78 is 0. The third-order valence-corrected chi connectivity index (χ3v) is 2.77. The van der Waals surface area contributed by atoms with Crippen LogP contribution in [0.25, 0.3) is 5.57 Å². The van der Waals surface area contributed by atoms with Crippen molar-refractivity contribution in [2.75, 3.05) is 0 Å². The minimum Gasteiger partial charge on any atom is -0.294 e. The number of hydrogen-bond donors (Lipinski definition) is 0. The number of hydrogen-bond acceptors (Lipinski definition) is 1. The Labute approximate surface area is 88.4 Å². The molecule has 1 aromatic rings. The largest absolute Gasteiger partial charge is 0.294 e. The Balaban J connectivity index is 2.26. The van der Waals surface area contributed by atoms with Crippen LogP contribution in [0.2, 0.25) is 5.02 Å². The number of ketones is 1. The lowest BCUT2D eigenvalue weighted by Gasteiger charge is -2.05. The molecule has 0 aliphatic heterocycles. The van der Waals surface area contributed by atoms with Crippen LogP contribution >= 0.6 is 11.6 Å². The molecule has 1 aliphatic rings. The van der Waals surface area contributed by atoms with Gasteiger partial charge in [-0.1, -0.05) is 36.4 Å². The second-order valence-electron chi connectivity index (χ2n) is 3.60. The molecule has 1 fully saturated rings. The van der Waals surface area contributed by atoms with Crippen LogP contribution in [0.15, 0.2) is 30.8 Å². The number of carbonyl (C=O) groups is 1. The monoisotopic (exact) mass is 206 g/mol. The van der Waals surface area contributed by atoms with Crippen LogP contribution in [0.3, 0.4) is 0 Å². The molecular weight excluding hydrogens is 196 g/mol. The summed E-state index contributed by atoms with van der Waals surface area (Å²) in [5.74, 6) is 0.358. The van der Waals surface area contributed by atoms with Gasteiger partial charge in [-0.05, 0) is 18.9 Å². The molecule has 1 saturated carbocycles. The minimum absolute atomic E-state index is 0.151. The van der Waals surface area contributed by atoms with Crippen molar-refractivity contribution in [3.63, 3.8) is 0 Å². The Hall–Kier alpha value is -1.08. The highest BCUT2D eigenvalue weighted by molar-refractivity contribution is 6.35. The topological polar surface area (TPSA) is 17.1 Å². The average Bonchev–Trinajstić information content (AvgIpc) is 3.00. The first-order valence-electron chi connectivity index (χ1n) is 4.68. The quantitative estimate of drug-likeness (QED) is 0.694. The molecule has 14 heavy (non-hydrogen) atoms. The van der Waals surface area contributed by atoms with Crippen molar-refractivity contribution in [1.82, 2.24) is 0 Å². The fourth-order valence-corrected chi connectivity index (χ4v) is 1.68. The standard InChI is InChI=1S/C12H11ClO/c1-8(12(14)9-6-7-9)10-4-2-3-5-11(10)13/h2-5,9H,1,6-7H2. The van der Waals surface area contributed by atoms with Crippen LogP contribution in [-0.2, 0) is 4.79 Å². The SMILES string of the molecule is C=C(C(=O)C1CC1)c1ccccc1Cl. The van der Waals surface area contributed by atoms with Crippen molar-refractivity contribution in [1.29, 1.82) is 0 Å². The van der Waals surface area contributed by atoms with Crippen LogP contribution < -0.4 is 0 Å². The zero-order valence-electron chi connectivity index (χ0n) is 7.79. The minimum atomic E-state index is 0.151. The maximum Gasteiger partial charge on any atom is 0.165 e. The molecule has 0 N–H and O–H groups in total. The summed E-state index contributed by atoms with van der Waals surface area (Å²) >= 11 is 5.98. The first kappa shape index (κ1) is 9.47. The van der Waals surface area contributed by atoms with E-state index in [4.69, 9.17) is 11.6 Å². The number of carbonyl (C=O) groups excluding carboxylic acids is 1. The van der Waals surface area contributed by atoms with Crippen molar-refractivity contribution in [3.05, 3.63) is 41.4 Å². The third kappa shape index (κ3) is 1.73. The number of allylic oxidation sites excluding steroid dienone is 1. The van der Waals surface area contributed by atoms with Crippen LogP contribution in [0.1, 0.15) is 18.4 Å². The Morgan fingerprint density at radius 3 is 2.57 bits per heavy atom. The molecule has 2 rings (SSSR count). The van der Waals surface area contributed by atoms with E-state index in [0.29, 0.717) is 10.6 Å². The highest BCUT2D eigenvalue weighted by Gasteiger charge is 2.31. The van der Waals surface area contributed by atoms with Gasteiger partial charge in [-0.2, -0.15) is 0 Å².